The fourth-order valence-corrected chi connectivity index (χ4v) is 9.73. The van der Waals surface area contributed by atoms with E-state index in [0.29, 0.717) is 12.8 Å². The number of rotatable bonds is 40. The van der Waals surface area contributed by atoms with E-state index in [-0.39, 0.29) is 47.3 Å². The number of nitrogens with one attached hydrogen (secondary N) is 1. The summed E-state index contributed by atoms with van der Waals surface area (Å²) in [5, 5.41) is 114. The van der Waals surface area contributed by atoms with Crippen LogP contribution in [0.25, 0.3) is 0 Å². The summed E-state index contributed by atoms with van der Waals surface area (Å²) in [6.45, 7) is 5.40. The first-order valence-corrected chi connectivity index (χ1v) is 33.5. The maximum Gasteiger partial charge on any atom is 0.302 e. The molecule has 2 fully saturated rings. The number of unbranched alkanes of at least 4 members (excludes halogenated alkanes) is 22. The van der Waals surface area contributed by atoms with E-state index in [9.17, 15) is 65.8 Å². The van der Waals surface area contributed by atoms with Gasteiger partial charge in [-0.3, -0.25) is 9.59 Å². The molecular formula is C76H150N2O18. The molecule has 2 aliphatic heterocycles. The van der Waals surface area contributed by atoms with Gasteiger partial charge < -0.3 is 90.9 Å². The van der Waals surface area contributed by atoms with Crippen molar-refractivity contribution in [3.05, 3.63) is 0 Å². The first-order valence-electron chi connectivity index (χ1n) is 33.5. The van der Waals surface area contributed by atoms with Gasteiger partial charge in [-0.25, -0.2) is 0 Å². The Morgan fingerprint density at radius 1 is 0.448 bits per heavy atom. The van der Waals surface area contributed by atoms with Crippen LogP contribution in [0, 0.1) is 142 Å². The third-order valence-electron chi connectivity index (χ3n) is 15.2. The van der Waals surface area contributed by atoms with Crippen LogP contribution in [0.4, 0.5) is 0 Å². The van der Waals surface area contributed by atoms with Gasteiger partial charge in [0, 0.05) is 82.6 Å². The van der Waals surface area contributed by atoms with Crippen molar-refractivity contribution in [2.75, 3.05) is 26.4 Å². The normalized spacial score (nSPS) is 21.2. The molecule has 16 atom stereocenters. The average Bonchev–Trinajstić information content (AvgIpc) is 0.814. The number of hydrogen-bond donors (Lipinski definition) is 13. The van der Waals surface area contributed by atoms with Crippen molar-refractivity contribution in [1.29, 1.82) is 0 Å². The second kappa shape index (κ2) is 58.2. The Bertz CT molecular complexity index is 3110. The van der Waals surface area contributed by atoms with Crippen molar-refractivity contribution in [2.45, 2.75) is 293 Å². The predicted octanol–water partition coefficient (Wildman–Crippen LogP) is 8.58. The smallest absolute Gasteiger partial charge is 0.302 e. The zero-order valence-electron chi connectivity index (χ0n) is 56.3. The minimum Gasteiger partial charge on any atom is -0.460 e. The molecule has 20 nitrogen and oxygen atoms in total. The van der Waals surface area contributed by atoms with Crippen LogP contribution in [0.2, 0.25) is 0 Å². The van der Waals surface area contributed by atoms with Crippen LogP contribution in [-0.4, -0.2) is 192 Å². The molecule has 2 rings (SSSR count). The number of ether oxygens (including phenoxy) is 5. The molecule has 0 radical (unpaired) electrons. The first-order chi connectivity index (χ1) is 46.5. The molecule has 0 aliphatic carbocycles. The molecule has 2 aliphatic rings. The van der Waals surface area contributed by atoms with Crippen LogP contribution in [0.3, 0.4) is 0 Å². The topological polar surface area (TPSA) is 341 Å². The SMILES string of the molecule is CC#CC#CC#CC#CC#CC#CC#CC#CC#CC#CC#CC#CC(=O)N[C@@H](CO[C@H]1OC(CO)[C@H](O)[C@H](O)C1O)[C@H](O)[C@H](O)CCCCCCCCCCCCCC.CCCCCCCCCCCCCC[C@@H](OC(C)=O)[C@@H](O)[C@@H](N)CO[C@H]1OC(CO)[C@H](O)[C@H](O)C1O.[HH].[HH].[HH].[HH].[HH].[HH].[HH].[HH].[HH].[HH].[HH].[HH].[HH].[HH].[HH].[HH].[HH].[HH].[HH].[HH].[HH].[HH].[HH].[HH]. The van der Waals surface area contributed by atoms with Gasteiger partial charge in [0.25, 0.3) is 5.91 Å². The number of aliphatic hydroxyl groups is 11. The molecule has 0 saturated carbocycles. The second-order valence-corrected chi connectivity index (χ2v) is 23.0. The number of nitrogens with two attached hydrogens (primary N) is 1. The largest absolute Gasteiger partial charge is 0.460 e. The summed E-state index contributed by atoms with van der Waals surface area (Å²) in [6, 6.07) is -2.19. The maximum atomic E-state index is 12.7. The van der Waals surface area contributed by atoms with E-state index in [1.807, 2.05) is 0 Å². The summed E-state index contributed by atoms with van der Waals surface area (Å²) in [5.74, 6) is 57.9. The molecule has 14 N–H and O–H groups in total. The third-order valence-corrected chi connectivity index (χ3v) is 15.2. The highest BCUT2D eigenvalue weighted by Crippen LogP contribution is 2.25. The molecule has 572 valence electrons. The van der Waals surface area contributed by atoms with Gasteiger partial charge in [0.05, 0.1) is 44.6 Å². The molecule has 0 spiro atoms. The van der Waals surface area contributed by atoms with Gasteiger partial charge in [0.15, 0.2) is 12.6 Å². The predicted molar refractivity (Wildman–Crippen MR) is 414 cm³/mol. The summed E-state index contributed by atoms with van der Waals surface area (Å²) in [4.78, 5) is 24.2. The van der Waals surface area contributed by atoms with Crippen LogP contribution >= 0.6 is 0 Å². The van der Waals surface area contributed by atoms with Gasteiger partial charge in [-0.2, -0.15) is 0 Å². The lowest BCUT2D eigenvalue weighted by molar-refractivity contribution is -0.303. The molecule has 0 bridgehead atoms. The number of amides is 1. The van der Waals surface area contributed by atoms with Gasteiger partial charge >= 0.3 is 5.97 Å². The van der Waals surface area contributed by atoms with Crippen molar-refractivity contribution in [3.8, 4) is 142 Å². The monoisotopic (exact) mass is 1380 g/mol. The second-order valence-electron chi connectivity index (χ2n) is 23.0. The van der Waals surface area contributed by atoms with Crippen LogP contribution in [-0.2, 0) is 33.3 Å². The highest BCUT2D eigenvalue weighted by atomic mass is 16.7. The lowest BCUT2D eigenvalue weighted by Crippen LogP contribution is -2.60. The third kappa shape index (κ3) is 41.9. The Morgan fingerprint density at radius 2 is 0.771 bits per heavy atom. The Labute approximate surface area is 606 Å². The van der Waals surface area contributed by atoms with E-state index in [2.05, 4.69) is 161 Å². The molecule has 2 heterocycles. The molecule has 0 aromatic rings. The average molecular weight is 1380 g/mol. The highest BCUT2D eigenvalue weighted by molar-refractivity contribution is 5.94. The molecular weight excluding hydrogens is 1230 g/mol. The Balaban J connectivity index is -0.0000000623. The van der Waals surface area contributed by atoms with Crippen molar-refractivity contribution < 1.29 is 124 Å². The van der Waals surface area contributed by atoms with E-state index >= 15 is 0 Å². The Morgan fingerprint density at radius 3 is 1.11 bits per heavy atom. The fourth-order valence-electron chi connectivity index (χ4n) is 9.73. The molecule has 0 aromatic heterocycles. The van der Waals surface area contributed by atoms with E-state index in [4.69, 9.17) is 29.4 Å². The van der Waals surface area contributed by atoms with Crippen LogP contribution in [0.15, 0.2) is 0 Å². The van der Waals surface area contributed by atoms with Gasteiger partial charge in [-0.1, -0.05) is 167 Å². The fraction of sp³-hybridized carbons (Fsp3) is 0.658. The first kappa shape index (κ1) is 87.0. The number of carbonyl (C=O) groups is 2. The van der Waals surface area contributed by atoms with Gasteiger partial charge in [0.1, 0.15) is 67.1 Å². The van der Waals surface area contributed by atoms with Gasteiger partial charge in [0.2, 0.25) is 0 Å². The Kier molecular flexibility index (Phi) is 52.8. The standard InChI is InChI=1S/C50H51NO9.C26H51NO9.24H2/c1-3-5-7-9-11-13-15-17-18-19-20-21-22-23-24-25-26-27-29-31-33-35-37-39-45(54)51-42(41-59-50-49(58)48(57)47(56)44(40-52)60-50)46(55)43(53)38-36-34-32-30-28-16-14-12-10-8-6-4-2;1-3-4-5-6-7-8-9-10-11-12-13-14-15-20(35-18(2)29)22(30)19(27)17-34-26-25(33)24(32)23(31)21(16-28)36-26;;;;;;;;;;;;;;;;;;;;;;;;/h42-44,46-50,52-53,55-58H,4,6,8,10,12,14,16,28,30,32,34,36,38,40-41H2,1-2H3,(H,51,54);19-26,28,30-33H,3-17,27H2,1-2H3;24*1H/t42-,43+,44?,46-,47-,48-,49?,50-;19-,20+,21?,22-,23-,24-,25?,26-;;;;;;;;;;;;;;;;;;;;;;;;/m00......................../s1. The Hall–Kier alpha value is -6.98. The van der Waals surface area contributed by atoms with Gasteiger partial charge in [-0.15, -0.1) is 0 Å². The van der Waals surface area contributed by atoms with E-state index < -0.39 is 130 Å². The molecule has 4 unspecified atom stereocenters. The quantitative estimate of drug-likeness (QED) is 0.0155. The minimum absolute atomic E-state index is 0. The summed E-state index contributed by atoms with van der Waals surface area (Å²) in [7, 11) is 0. The van der Waals surface area contributed by atoms with Crippen molar-refractivity contribution >= 4 is 11.9 Å². The van der Waals surface area contributed by atoms with E-state index in [1.54, 1.807) is 6.92 Å². The van der Waals surface area contributed by atoms with Crippen LogP contribution in [0.1, 0.15) is 229 Å². The number of hydrogen-bond acceptors (Lipinski definition) is 19. The van der Waals surface area contributed by atoms with E-state index in [1.165, 1.54) is 116 Å². The molecule has 96 heavy (non-hydrogen) atoms. The van der Waals surface area contributed by atoms with Gasteiger partial charge in [-0.05, 0) is 121 Å². The van der Waals surface area contributed by atoms with Crippen LogP contribution < -0.4 is 11.1 Å². The zero-order chi connectivity index (χ0) is 70.8. The molecule has 1 amide bonds. The van der Waals surface area contributed by atoms with Crippen molar-refractivity contribution in [2.24, 2.45) is 5.73 Å². The summed E-state index contributed by atoms with van der Waals surface area (Å²) < 4.78 is 26.9. The number of carbonyl (C=O) groups excluding carboxylic acids is 2. The maximum absolute atomic E-state index is 12.7. The molecule has 20 heteroatoms. The van der Waals surface area contributed by atoms with E-state index in [0.717, 1.165) is 38.5 Å². The summed E-state index contributed by atoms with van der Waals surface area (Å²) in [6.07, 6.45) is 9.29. The number of esters is 1. The zero-order valence-corrected chi connectivity index (χ0v) is 56.3. The lowest BCUT2D eigenvalue weighted by atomic mass is 9.98. The van der Waals surface area contributed by atoms with Crippen molar-refractivity contribution in [1.82, 2.24) is 5.32 Å². The summed E-state index contributed by atoms with van der Waals surface area (Å²) >= 11 is 0. The lowest BCUT2D eigenvalue weighted by Gasteiger charge is -2.40. The summed E-state index contributed by atoms with van der Waals surface area (Å²) in [5.41, 5.74) is 6.06. The highest BCUT2D eigenvalue weighted by Gasteiger charge is 2.46. The van der Waals surface area contributed by atoms with Crippen LogP contribution in [0.5, 0.6) is 0 Å². The minimum atomic E-state index is -1.70. The number of aliphatic hydroxyl groups excluding tert-OH is 11. The van der Waals surface area contributed by atoms with Crippen molar-refractivity contribution in [3.63, 3.8) is 0 Å². The molecule has 0 aromatic carbocycles. The molecule has 2 saturated heterocycles.